The van der Waals surface area contributed by atoms with Gasteiger partial charge in [-0.1, -0.05) is 12.1 Å². The van der Waals surface area contributed by atoms with Crippen LogP contribution in [0.15, 0.2) is 71.4 Å². The van der Waals surface area contributed by atoms with Crippen molar-refractivity contribution in [3.63, 3.8) is 0 Å². The quantitative estimate of drug-likeness (QED) is 0.678. The molecule has 0 N–H and O–H groups in total. The van der Waals surface area contributed by atoms with E-state index in [4.69, 9.17) is 0 Å². The van der Waals surface area contributed by atoms with E-state index in [1.807, 2.05) is 24.3 Å². The third-order valence-corrected chi connectivity index (χ3v) is 2.51. The molecule has 6 heteroatoms. The zero-order chi connectivity index (χ0) is 13.6. The van der Waals surface area contributed by atoms with Crippen LogP contribution in [0, 0.1) is 0 Å². The maximum absolute atomic E-state index is 4.22. The van der Waals surface area contributed by atoms with Crippen molar-refractivity contribution in [1.82, 2.24) is 19.9 Å². The van der Waals surface area contributed by atoms with Crippen LogP contribution in [0.1, 0.15) is 0 Å². The molecule has 0 fully saturated rings. The Morgan fingerprint density at radius 3 is 2.05 bits per heavy atom. The molecule has 0 radical (unpaired) electrons. The van der Waals surface area contributed by atoms with Crippen molar-refractivity contribution in [2.24, 2.45) is 10.2 Å². The van der Waals surface area contributed by atoms with E-state index in [0.29, 0.717) is 17.5 Å². The molecule has 0 saturated carbocycles. The lowest BCUT2D eigenvalue weighted by molar-refractivity contribution is 1.06. The maximum atomic E-state index is 4.22. The average molecular weight is 262 g/mol. The van der Waals surface area contributed by atoms with E-state index in [1.54, 1.807) is 36.9 Å². The summed E-state index contributed by atoms with van der Waals surface area (Å²) in [7, 11) is 0. The van der Waals surface area contributed by atoms with E-state index in [9.17, 15) is 0 Å². The third kappa shape index (κ3) is 2.69. The highest BCUT2D eigenvalue weighted by atomic mass is 15.2. The molecular formula is C14H10N6. The first-order valence-electron chi connectivity index (χ1n) is 5.99. The fraction of sp³-hybridized carbons (Fsp3) is 0. The standard InChI is InChI=1S/C14H10N6/c1-2-6-12(19-20-14-17-9-4-10-18-14)11(5-1)13-15-7-3-8-16-13/h1-10H. The predicted octanol–water partition coefficient (Wildman–Crippen LogP) is 3.35. The van der Waals surface area contributed by atoms with Crippen molar-refractivity contribution in [1.29, 1.82) is 0 Å². The van der Waals surface area contributed by atoms with Crippen LogP contribution in [0.3, 0.4) is 0 Å². The van der Waals surface area contributed by atoms with E-state index in [2.05, 4.69) is 30.2 Å². The molecule has 0 bridgehead atoms. The highest BCUT2D eigenvalue weighted by Gasteiger charge is 2.05. The van der Waals surface area contributed by atoms with Gasteiger partial charge >= 0.3 is 0 Å². The molecule has 0 aliphatic heterocycles. The molecule has 0 aliphatic rings. The second kappa shape index (κ2) is 5.75. The Bertz CT molecular complexity index is 712. The second-order valence-corrected chi connectivity index (χ2v) is 3.84. The largest absolute Gasteiger partial charge is 0.268 e. The summed E-state index contributed by atoms with van der Waals surface area (Å²) in [6, 6.07) is 11.0. The smallest absolute Gasteiger partial charge is 0.237 e. The topological polar surface area (TPSA) is 76.3 Å². The molecule has 2 aromatic heterocycles. The van der Waals surface area contributed by atoms with Gasteiger partial charge in [-0.3, -0.25) is 0 Å². The van der Waals surface area contributed by atoms with Crippen molar-refractivity contribution >= 4 is 11.6 Å². The van der Waals surface area contributed by atoms with Crippen molar-refractivity contribution in [2.75, 3.05) is 0 Å². The second-order valence-electron chi connectivity index (χ2n) is 3.84. The molecule has 0 saturated heterocycles. The van der Waals surface area contributed by atoms with Crippen LogP contribution in [0.5, 0.6) is 0 Å². The Morgan fingerprint density at radius 2 is 1.30 bits per heavy atom. The third-order valence-electron chi connectivity index (χ3n) is 2.51. The molecule has 0 atom stereocenters. The van der Waals surface area contributed by atoms with Gasteiger partial charge < -0.3 is 0 Å². The molecule has 0 aliphatic carbocycles. The van der Waals surface area contributed by atoms with E-state index in [-0.39, 0.29) is 0 Å². The lowest BCUT2D eigenvalue weighted by Gasteiger charge is -2.02. The van der Waals surface area contributed by atoms with Crippen LogP contribution in [-0.4, -0.2) is 19.9 Å². The number of aromatic nitrogens is 4. The average Bonchev–Trinajstić information content (AvgIpc) is 2.55. The van der Waals surface area contributed by atoms with Gasteiger partial charge in [-0.2, -0.15) is 0 Å². The number of benzene rings is 1. The molecule has 1 aromatic carbocycles. The summed E-state index contributed by atoms with van der Waals surface area (Å²) in [5.74, 6) is 0.923. The fourth-order valence-electron chi connectivity index (χ4n) is 1.63. The highest BCUT2D eigenvalue weighted by molar-refractivity contribution is 5.70. The minimum absolute atomic E-state index is 0.316. The molecule has 0 unspecified atom stereocenters. The zero-order valence-electron chi connectivity index (χ0n) is 10.5. The van der Waals surface area contributed by atoms with Crippen molar-refractivity contribution in [3.05, 3.63) is 61.2 Å². The predicted molar refractivity (Wildman–Crippen MR) is 73.7 cm³/mol. The first-order valence-corrected chi connectivity index (χ1v) is 5.99. The first-order chi connectivity index (χ1) is 9.93. The number of nitrogens with zero attached hydrogens (tertiary/aromatic N) is 6. The normalized spacial score (nSPS) is 10.8. The summed E-state index contributed by atoms with van der Waals surface area (Å²) < 4.78 is 0. The molecule has 0 amide bonds. The van der Waals surface area contributed by atoms with E-state index in [1.165, 1.54) is 0 Å². The summed E-state index contributed by atoms with van der Waals surface area (Å²) >= 11 is 0. The maximum Gasteiger partial charge on any atom is 0.268 e. The highest BCUT2D eigenvalue weighted by Crippen LogP contribution is 2.27. The van der Waals surface area contributed by atoms with E-state index >= 15 is 0 Å². The number of azo groups is 1. The minimum Gasteiger partial charge on any atom is -0.237 e. The van der Waals surface area contributed by atoms with Crippen molar-refractivity contribution in [3.8, 4) is 11.4 Å². The molecule has 96 valence electrons. The van der Waals surface area contributed by atoms with Gasteiger partial charge in [0.1, 0.15) is 0 Å². The summed E-state index contributed by atoms with van der Waals surface area (Å²) in [4.78, 5) is 16.4. The van der Waals surface area contributed by atoms with Gasteiger partial charge in [-0.05, 0) is 24.3 Å². The minimum atomic E-state index is 0.316. The Labute approximate surface area is 115 Å². The van der Waals surface area contributed by atoms with Crippen LogP contribution in [-0.2, 0) is 0 Å². The van der Waals surface area contributed by atoms with Crippen LogP contribution < -0.4 is 0 Å². The SMILES string of the molecule is c1cnc(N=Nc2ccccc2-c2ncccn2)nc1. The zero-order valence-corrected chi connectivity index (χ0v) is 10.5. The van der Waals surface area contributed by atoms with E-state index < -0.39 is 0 Å². The van der Waals surface area contributed by atoms with Crippen LogP contribution >= 0.6 is 0 Å². The lowest BCUT2D eigenvalue weighted by atomic mass is 10.1. The number of rotatable bonds is 3. The Hall–Kier alpha value is -3.02. The van der Waals surface area contributed by atoms with Crippen molar-refractivity contribution < 1.29 is 0 Å². The Balaban J connectivity index is 1.97. The summed E-state index contributed by atoms with van der Waals surface area (Å²) in [6.45, 7) is 0. The van der Waals surface area contributed by atoms with Crippen LogP contribution in [0.4, 0.5) is 11.6 Å². The van der Waals surface area contributed by atoms with Gasteiger partial charge in [0.2, 0.25) is 0 Å². The first kappa shape index (κ1) is 12.0. The molecule has 2 heterocycles. The molecule has 6 nitrogen and oxygen atoms in total. The number of hydrogen-bond donors (Lipinski definition) is 0. The molecular weight excluding hydrogens is 252 g/mol. The van der Waals surface area contributed by atoms with Crippen LogP contribution in [0.2, 0.25) is 0 Å². The van der Waals surface area contributed by atoms with Crippen molar-refractivity contribution in [2.45, 2.75) is 0 Å². The van der Waals surface area contributed by atoms with Gasteiger partial charge in [0.25, 0.3) is 5.95 Å². The summed E-state index contributed by atoms with van der Waals surface area (Å²) in [6.07, 6.45) is 6.62. The lowest BCUT2D eigenvalue weighted by Crippen LogP contribution is -1.86. The molecule has 20 heavy (non-hydrogen) atoms. The van der Waals surface area contributed by atoms with Gasteiger partial charge in [-0.25, -0.2) is 19.9 Å². The Morgan fingerprint density at radius 1 is 0.650 bits per heavy atom. The van der Waals surface area contributed by atoms with Crippen LogP contribution in [0.25, 0.3) is 11.4 Å². The molecule has 3 aromatic rings. The van der Waals surface area contributed by atoms with Gasteiger partial charge in [0, 0.05) is 30.4 Å². The fourth-order valence-corrected chi connectivity index (χ4v) is 1.63. The summed E-state index contributed by atoms with van der Waals surface area (Å²) in [5, 5.41) is 8.18. The van der Waals surface area contributed by atoms with Gasteiger partial charge in [-0.15, -0.1) is 10.2 Å². The summed E-state index contributed by atoms with van der Waals surface area (Å²) in [5.41, 5.74) is 1.49. The molecule has 0 spiro atoms. The van der Waals surface area contributed by atoms with Gasteiger partial charge in [0.05, 0.1) is 5.69 Å². The Kier molecular flexibility index (Phi) is 3.46. The number of hydrogen-bond acceptors (Lipinski definition) is 6. The monoisotopic (exact) mass is 262 g/mol. The van der Waals surface area contributed by atoms with E-state index in [0.717, 1.165) is 5.56 Å². The molecule has 3 rings (SSSR count). The van der Waals surface area contributed by atoms with Gasteiger partial charge in [0.15, 0.2) is 5.82 Å².